The van der Waals surface area contributed by atoms with Crippen LogP contribution in [0.5, 0.6) is 5.75 Å². The molecule has 1 amide bonds. The molecule has 1 saturated heterocycles. The third kappa shape index (κ3) is 5.93. The lowest BCUT2D eigenvalue weighted by Crippen LogP contribution is -3.27. The highest BCUT2D eigenvalue weighted by Crippen LogP contribution is 2.17. The molecule has 2 aromatic rings. The molecule has 1 atom stereocenters. The number of carbonyl (C=O) groups is 1. The van der Waals surface area contributed by atoms with Gasteiger partial charge < -0.3 is 24.8 Å². The molecule has 6 nitrogen and oxygen atoms in total. The number of rotatable bonds is 8. The smallest absolute Gasteiger partial charge is 0.258 e. The highest BCUT2D eigenvalue weighted by molar-refractivity contribution is 5.77. The van der Waals surface area contributed by atoms with Crippen LogP contribution in [-0.4, -0.2) is 66.4 Å². The van der Waals surface area contributed by atoms with Crippen LogP contribution in [0.1, 0.15) is 11.6 Å². The van der Waals surface area contributed by atoms with Crippen LogP contribution >= 0.6 is 0 Å². The molecule has 162 valence electrons. The lowest BCUT2D eigenvalue weighted by atomic mass is 10.0. The van der Waals surface area contributed by atoms with Crippen molar-refractivity contribution in [2.75, 3.05) is 65.4 Å². The first-order valence-corrected chi connectivity index (χ1v) is 10.5. The summed E-state index contributed by atoms with van der Waals surface area (Å²) in [5.74, 6) is -0.614. The molecule has 1 fully saturated rings. The maximum atomic E-state index is 13.7. The molecule has 7 heteroatoms. The summed E-state index contributed by atoms with van der Waals surface area (Å²) in [5, 5.41) is 2.99. The Morgan fingerprint density at radius 2 is 1.77 bits per heavy atom. The Morgan fingerprint density at radius 3 is 2.40 bits per heavy atom. The van der Waals surface area contributed by atoms with E-state index >= 15 is 0 Å². The number of ether oxygens (including phenoxy) is 1. The normalized spacial score (nSPS) is 19.7. The molecular formula is C23H33FN4O2+2. The minimum atomic E-state index is -0.464. The van der Waals surface area contributed by atoms with Gasteiger partial charge in [0.25, 0.3) is 5.91 Å². The number of piperazine rings is 1. The quantitative estimate of drug-likeness (QED) is 0.546. The van der Waals surface area contributed by atoms with E-state index in [0.717, 1.165) is 31.9 Å². The Balaban J connectivity index is 1.63. The van der Waals surface area contributed by atoms with E-state index in [1.54, 1.807) is 17.0 Å². The predicted molar refractivity (Wildman–Crippen MR) is 116 cm³/mol. The number of nitrogens with zero attached hydrogens (tertiary/aromatic N) is 1. The van der Waals surface area contributed by atoms with Gasteiger partial charge in [0.15, 0.2) is 18.2 Å². The second kappa shape index (κ2) is 10.4. The van der Waals surface area contributed by atoms with E-state index in [2.05, 4.69) is 41.5 Å². The molecule has 0 bridgehead atoms. The molecule has 30 heavy (non-hydrogen) atoms. The zero-order chi connectivity index (χ0) is 21.5. The molecule has 0 aromatic heterocycles. The van der Waals surface area contributed by atoms with Crippen molar-refractivity contribution in [3.8, 4) is 5.75 Å². The molecule has 3 N–H and O–H groups in total. The van der Waals surface area contributed by atoms with Crippen LogP contribution in [0, 0.1) is 5.82 Å². The number of hydrogen-bond donors (Lipinski definition) is 3. The van der Waals surface area contributed by atoms with Crippen molar-refractivity contribution >= 4 is 11.6 Å². The molecular weight excluding hydrogens is 383 g/mol. The topological polar surface area (TPSA) is 50.5 Å². The monoisotopic (exact) mass is 416 g/mol. The summed E-state index contributed by atoms with van der Waals surface area (Å²) in [7, 11) is 6.27. The molecule has 0 aliphatic carbocycles. The first kappa shape index (κ1) is 22.1. The summed E-state index contributed by atoms with van der Waals surface area (Å²) in [5.41, 5.74) is 2.36. The van der Waals surface area contributed by atoms with Crippen molar-refractivity contribution in [3.63, 3.8) is 0 Å². The summed E-state index contributed by atoms with van der Waals surface area (Å²) in [6.07, 6.45) is 0. The number of likely N-dealkylation sites (N-methyl/N-ethyl adjacent to an activating group) is 1. The predicted octanol–water partition coefficient (Wildman–Crippen LogP) is -0.459. The van der Waals surface area contributed by atoms with Gasteiger partial charge in [0.2, 0.25) is 0 Å². The molecule has 3 rings (SSSR count). The van der Waals surface area contributed by atoms with E-state index in [9.17, 15) is 9.18 Å². The van der Waals surface area contributed by atoms with Crippen LogP contribution in [0.2, 0.25) is 0 Å². The minimum absolute atomic E-state index is 0.0937. The molecule has 1 aliphatic heterocycles. The molecule has 0 spiro atoms. The molecule has 0 unspecified atom stereocenters. The van der Waals surface area contributed by atoms with E-state index in [4.69, 9.17) is 4.74 Å². The van der Waals surface area contributed by atoms with Crippen molar-refractivity contribution in [2.24, 2.45) is 0 Å². The summed E-state index contributed by atoms with van der Waals surface area (Å²) < 4.78 is 19.0. The van der Waals surface area contributed by atoms with Crippen LogP contribution in [0.4, 0.5) is 10.1 Å². The van der Waals surface area contributed by atoms with Gasteiger partial charge >= 0.3 is 0 Å². The van der Waals surface area contributed by atoms with Gasteiger partial charge in [-0.05, 0) is 24.3 Å². The van der Waals surface area contributed by atoms with Crippen LogP contribution in [-0.2, 0) is 4.79 Å². The van der Waals surface area contributed by atoms with Crippen LogP contribution in [0.25, 0.3) is 0 Å². The van der Waals surface area contributed by atoms with Gasteiger partial charge in [-0.3, -0.25) is 4.79 Å². The molecule has 1 aliphatic rings. The highest BCUT2D eigenvalue weighted by Gasteiger charge is 2.29. The maximum Gasteiger partial charge on any atom is 0.258 e. The number of hydrogen-bond acceptors (Lipinski definition) is 3. The van der Waals surface area contributed by atoms with Gasteiger partial charge in [-0.25, -0.2) is 4.39 Å². The van der Waals surface area contributed by atoms with Crippen molar-refractivity contribution in [3.05, 3.63) is 59.9 Å². The fourth-order valence-corrected chi connectivity index (χ4v) is 3.82. The van der Waals surface area contributed by atoms with E-state index < -0.39 is 5.82 Å². The average molecular weight is 417 g/mol. The zero-order valence-electron chi connectivity index (χ0n) is 18.1. The fraction of sp³-hybridized carbons (Fsp3) is 0.435. The van der Waals surface area contributed by atoms with E-state index in [1.807, 2.05) is 14.1 Å². The first-order valence-electron chi connectivity index (χ1n) is 10.5. The Kier molecular flexibility index (Phi) is 7.65. The molecule has 2 aromatic carbocycles. The number of nitrogens with one attached hydrogen (secondary N) is 3. The van der Waals surface area contributed by atoms with Gasteiger partial charge in [-0.1, -0.05) is 24.3 Å². The maximum absolute atomic E-state index is 13.7. The lowest BCUT2D eigenvalue weighted by molar-refractivity contribution is -1.02. The fourth-order valence-electron chi connectivity index (χ4n) is 3.82. The lowest BCUT2D eigenvalue weighted by Gasteiger charge is -2.33. The standard InChI is InChI=1S/C23H31FN4O2/c1-26(2)19-10-8-18(9-11-19)21(28-14-12-27(3)13-15-28)16-25-23(29)17-30-22-7-5-4-6-20(22)24/h4-11,21H,12-17H2,1-3H3,(H,25,29)/p+2/t21-/m0/s1. The number of benzene rings is 2. The van der Waals surface area contributed by atoms with Gasteiger partial charge in [0.1, 0.15) is 32.2 Å². The number of carbonyl (C=O) groups excluding carboxylic acids is 1. The third-order valence-corrected chi connectivity index (χ3v) is 5.75. The summed E-state index contributed by atoms with van der Waals surface area (Å²) in [4.78, 5) is 17.5. The largest absolute Gasteiger partial charge is 0.481 e. The molecule has 1 heterocycles. The molecule has 0 saturated carbocycles. The average Bonchev–Trinajstić information content (AvgIpc) is 2.75. The summed E-state index contributed by atoms with van der Waals surface area (Å²) in [6, 6.07) is 14.8. The summed E-state index contributed by atoms with van der Waals surface area (Å²) in [6.45, 7) is 4.68. The van der Waals surface area contributed by atoms with E-state index in [1.165, 1.54) is 22.6 Å². The number of para-hydroxylation sites is 1. The molecule has 0 radical (unpaired) electrons. The number of quaternary nitrogens is 2. The second-order valence-electron chi connectivity index (χ2n) is 8.18. The first-order chi connectivity index (χ1) is 14.4. The van der Waals surface area contributed by atoms with Gasteiger partial charge in [0, 0.05) is 25.3 Å². The van der Waals surface area contributed by atoms with Gasteiger partial charge in [-0.15, -0.1) is 0 Å². The van der Waals surface area contributed by atoms with Gasteiger partial charge in [0.05, 0.1) is 13.6 Å². The van der Waals surface area contributed by atoms with Crippen molar-refractivity contribution < 1.29 is 23.7 Å². The summed E-state index contributed by atoms with van der Waals surface area (Å²) >= 11 is 0. The Bertz CT molecular complexity index is 820. The van der Waals surface area contributed by atoms with Crippen molar-refractivity contribution in [1.29, 1.82) is 0 Å². The Labute approximate surface area is 178 Å². The zero-order valence-corrected chi connectivity index (χ0v) is 18.1. The third-order valence-electron chi connectivity index (χ3n) is 5.75. The highest BCUT2D eigenvalue weighted by atomic mass is 19.1. The van der Waals surface area contributed by atoms with E-state index in [-0.39, 0.29) is 24.3 Å². The van der Waals surface area contributed by atoms with Crippen molar-refractivity contribution in [1.82, 2.24) is 5.32 Å². The van der Waals surface area contributed by atoms with Crippen LogP contribution < -0.4 is 24.8 Å². The SMILES string of the molecule is CN(C)c1ccc([C@H](CNC(=O)COc2ccccc2F)[NH+]2CC[NH+](C)CC2)cc1. The van der Waals surface area contributed by atoms with Crippen LogP contribution in [0.15, 0.2) is 48.5 Å². The van der Waals surface area contributed by atoms with Crippen LogP contribution in [0.3, 0.4) is 0 Å². The minimum Gasteiger partial charge on any atom is -0.481 e. The van der Waals surface area contributed by atoms with Crippen molar-refractivity contribution in [2.45, 2.75) is 6.04 Å². The number of anilines is 1. The number of amides is 1. The Morgan fingerprint density at radius 1 is 1.10 bits per heavy atom. The van der Waals surface area contributed by atoms with Gasteiger partial charge in [-0.2, -0.15) is 0 Å². The Hall–Kier alpha value is -2.64. The number of halogens is 1. The van der Waals surface area contributed by atoms with E-state index in [0.29, 0.717) is 6.54 Å². The second-order valence-corrected chi connectivity index (χ2v) is 8.18.